The van der Waals surface area contributed by atoms with E-state index in [-0.39, 0.29) is 0 Å². The van der Waals surface area contributed by atoms with Gasteiger partial charge in [0.1, 0.15) is 0 Å². The predicted octanol–water partition coefficient (Wildman–Crippen LogP) is 0.756. The zero-order chi connectivity index (χ0) is 15.6. The van der Waals surface area contributed by atoms with Crippen molar-refractivity contribution >= 4 is 17.8 Å². The van der Waals surface area contributed by atoms with Gasteiger partial charge in [-0.15, -0.1) is 0 Å². The Labute approximate surface area is 127 Å². The van der Waals surface area contributed by atoms with Gasteiger partial charge in [0.15, 0.2) is 0 Å². The molecule has 1 N–H and O–H groups in total. The molecule has 0 spiro atoms. The minimum atomic E-state index is 0.534. The van der Waals surface area contributed by atoms with Crippen LogP contribution >= 0.6 is 0 Å². The lowest BCUT2D eigenvalue weighted by Gasteiger charge is -2.22. The van der Waals surface area contributed by atoms with Gasteiger partial charge in [0.25, 0.3) is 0 Å². The van der Waals surface area contributed by atoms with Crippen LogP contribution in [-0.2, 0) is 0 Å². The Morgan fingerprint density at radius 3 is 2.38 bits per heavy atom. The minimum absolute atomic E-state index is 0.534. The van der Waals surface area contributed by atoms with Crippen LogP contribution in [0, 0.1) is 5.92 Å². The Bertz CT molecular complexity index is 474. The van der Waals surface area contributed by atoms with Gasteiger partial charge in [0.2, 0.25) is 17.8 Å². The lowest BCUT2D eigenvalue weighted by Crippen LogP contribution is -2.34. The summed E-state index contributed by atoms with van der Waals surface area (Å²) >= 11 is 0. The predicted molar refractivity (Wildman–Crippen MR) is 87.2 cm³/mol. The van der Waals surface area contributed by atoms with Gasteiger partial charge in [0.05, 0.1) is 0 Å². The van der Waals surface area contributed by atoms with Crippen LogP contribution in [0.3, 0.4) is 0 Å². The van der Waals surface area contributed by atoms with Gasteiger partial charge in [-0.1, -0.05) is 6.92 Å². The van der Waals surface area contributed by atoms with Crippen LogP contribution in [0.5, 0.6) is 0 Å². The summed E-state index contributed by atoms with van der Waals surface area (Å²) in [6.07, 6.45) is 0. The molecule has 1 fully saturated rings. The average Bonchev–Trinajstić information content (AvgIpc) is 2.81. The largest absolute Gasteiger partial charge is 0.354 e. The number of anilines is 3. The number of hydrogen-bond donors (Lipinski definition) is 1. The van der Waals surface area contributed by atoms with Crippen molar-refractivity contribution in [1.82, 2.24) is 19.9 Å². The molecule has 7 heteroatoms. The van der Waals surface area contributed by atoms with Crippen molar-refractivity contribution in [2.75, 3.05) is 62.9 Å². The maximum atomic E-state index is 4.60. The first-order valence-electron chi connectivity index (χ1n) is 7.51. The van der Waals surface area contributed by atoms with Crippen molar-refractivity contribution in [2.24, 2.45) is 5.92 Å². The van der Waals surface area contributed by atoms with E-state index in [0.29, 0.717) is 23.9 Å². The molecule has 2 atom stereocenters. The molecule has 1 aromatic heterocycles. The standard InChI is InChI=1S/C14H27N7/c1-7-15-12-16-13(20(5)6)18-14(17-12)21-8-10(2)11(9-21)19(3)4/h10-11H,7-9H2,1-6H3,(H,15,16,17,18). The summed E-state index contributed by atoms with van der Waals surface area (Å²) in [5.74, 6) is 2.70. The second-order valence-corrected chi connectivity index (χ2v) is 6.10. The highest BCUT2D eigenvalue weighted by atomic mass is 15.4. The third-order valence-electron chi connectivity index (χ3n) is 3.87. The van der Waals surface area contributed by atoms with Crippen LogP contribution in [0.4, 0.5) is 17.8 Å². The molecule has 2 heterocycles. The summed E-state index contributed by atoms with van der Waals surface area (Å²) in [4.78, 5) is 20.0. The SMILES string of the molecule is CCNc1nc(N(C)C)nc(N2CC(C)C(N(C)C)C2)n1. The fourth-order valence-corrected chi connectivity index (χ4v) is 2.72. The Morgan fingerprint density at radius 1 is 1.14 bits per heavy atom. The maximum absolute atomic E-state index is 4.60. The Hall–Kier alpha value is -1.63. The molecular formula is C14H27N7. The number of hydrogen-bond acceptors (Lipinski definition) is 7. The number of nitrogens with one attached hydrogen (secondary N) is 1. The van der Waals surface area contributed by atoms with Crippen LogP contribution in [-0.4, -0.2) is 73.7 Å². The monoisotopic (exact) mass is 293 g/mol. The molecular weight excluding hydrogens is 266 g/mol. The van der Waals surface area contributed by atoms with E-state index in [1.54, 1.807) is 0 Å². The second-order valence-electron chi connectivity index (χ2n) is 6.10. The smallest absolute Gasteiger partial charge is 0.232 e. The lowest BCUT2D eigenvalue weighted by atomic mass is 10.1. The quantitative estimate of drug-likeness (QED) is 0.860. The Kier molecular flexibility index (Phi) is 4.82. The van der Waals surface area contributed by atoms with E-state index in [0.717, 1.165) is 25.6 Å². The Balaban J connectivity index is 2.26. The average molecular weight is 293 g/mol. The third-order valence-corrected chi connectivity index (χ3v) is 3.87. The van der Waals surface area contributed by atoms with E-state index in [9.17, 15) is 0 Å². The number of aromatic nitrogens is 3. The number of likely N-dealkylation sites (N-methyl/N-ethyl adjacent to an activating group) is 1. The molecule has 118 valence electrons. The van der Waals surface area contributed by atoms with Crippen molar-refractivity contribution < 1.29 is 0 Å². The van der Waals surface area contributed by atoms with Crippen LogP contribution in [0.25, 0.3) is 0 Å². The van der Waals surface area contributed by atoms with Gasteiger partial charge in [-0.2, -0.15) is 15.0 Å². The van der Waals surface area contributed by atoms with E-state index in [1.165, 1.54) is 0 Å². The first-order valence-corrected chi connectivity index (χ1v) is 7.51. The van der Waals surface area contributed by atoms with Crippen molar-refractivity contribution in [3.63, 3.8) is 0 Å². The highest BCUT2D eigenvalue weighted by Gasteiger charge is 2.32. The molecule has 1 saturated heterocycles. The molecule has 0 aromatic carbocycles. The van der Waals surface area contributed by atoms with Crippen molar-refractivity contribution in [2.45, 2.75) is 19.9 Å². The summed E-state index contributed by atoms with van der Waals surface area (Å²) in [6, 6.07) is 0.534. The first kappa shape index (κ1) is 15.8. The fourth-order valence-electron chi connectivity index (χ4n) is 2.72. The molecule has 0 radical (unpaired) electrons. The molecule has 21 heavy (non-hydrogen) atoms. The Morgan fingerprint density at radius 2 is 1.86 bits per heavy atom. The molecule has 2 rings (SSSR count). The normalized spacial score (nSPS) is 22.0. The molecule has 1 aliphatic heterocycles. The van der Waals surface area contributed by atoms with Crippen LogP contribution < -0.4 is 15.1 Å². The molecule has 1 aliphatic rings. The topological polar surface area (TPSA) is 60.4 Å². The van der Waals surface area contributed by atoms with Crippen molar-refractivity contribution in [1.29, 1.82) is 0 Å². The van der Waals surface area contributed by atoms with Gasteiger partial charge in [-0.3, -0.25) is 0 Å². The minimum Gasteiger partial charge on any atom is -0.354 e. The van der Waals surface area contributed by atoms with E-state index >= 15 is 0 Å². The molecule has 0 saturated carbocycles. The first-order chi connectivity index (χ1) is 9.92. The molecule has 0 amide bonds. The van der Waals surface area contributed by atoms with Crippen LogP contribution in [0.1, 0.15) is 13.8 Å². The third kappa shape index (κ3) is 3.53. The zero-order valence-corrected chi connectivity index (χ0v) is 14.0. The van der Waals surface area contributed by atoms with E-state index in [4.69, 9.17) is 0 Å². The highest BCUT2D eigenvalue weighted by Crippen LogP contribution is 2.25. The summed E-state index contributed by atoms with van der Waals surface area (Å²) in [7, 11) is 8.16. The van der Waals surface area contributed by atoms with E-state index < -0.39 is 0 Å². The summed E-state index contributed by atoms with van der Waals surface area (Å²) < 4.78 is 0. The summed E-state index contributed by atoms with van der Waals surface area (Å²) in [6.45, 7) is 7.05. The van der Waals surface area contributed by atoms with Gasteiger partial charge >= 0.3 is 0 Å². The summed E-state index contributed by atoms with van der Waals surface area (Å²) in [5.41, 5.74) is 0. The zero-order valence-electron chi connectivity index (χ0n) is 14.0. The van der Waals surface area contributed by atoms with Gasteiger partial charge < -0.3 is 20.0 Å². The fraction of sp³-hybridized carbons (Fsp3) is 0.786. The van der Waals surface area contributed by atoms with Crippen molar-refractivity contribution in [3.05, 3.63) is 0 Å². The molecule has 7 nitrogen and oxygen atoms in total. The van der Waals surface area contributed by atoms with E-state index in [2.05, 4.69) is 51.1 Å². The molecule has 0 aliphatic carbocycles. The van der Waals surface area contributed by atoms with Gasteiger partial charge in [-0.25, -0.2) is 0 Å². The second kappa shape index (κ2) is 6.43. The number of nitrogens with zero attached hydrogens (tertiary/aromatic N) is 6. The van der Waals surface area contributed by atoms with Crippen LogP contribution in [0.15, 0.2) is 0 Å². The van der Waals surface area contributed by atoms with Crippen molar-refractivity contribution in [3.8, 4) is 0 Å². The van der Waals surface area contributed by atoms with Gasteiger partial charge in [0, 0.05) is 39.8 Å². The lowest BCUT2D eigenvalue weighted by molar-refractivity contribution is 0.266. The highest BCUT2D eigenvalue weighted by molar-refractivity contribution is 5.45. The summed E-state index contributed by atoms with van der Waals surface area (Å²) in [5, 5.41) is 3.19. The molecule has 2 unspecified atom stereocenters. The van der Waals surface area contributed by atoms with E-state index in [1.807, 2.05) is 25.9 Å². The number of rotatable bonds is 5. The molecule has 0 bridgehead atoms. The molecule has 1 aromatic rings. The van der Waals surface area contributed by atoms with Gasteiger partial charge in [-0.05, 0) is 26.9 Å². The van der Waals surface area contributed by atoms with Crippen LogP contribution in [0.2, 0.25) is 0 Å². The maximum Gasteiger partial charge on any atom is 0.232 e.